The first-order chi connectivity index (χ1) is 9.11. The van der Waals surface area contributed by atoms with E-state index < -0.39 is 0 Å². The highest BCUT2D eigenvalue weighted by molar-refractivity contribution is 7.10. The van der Waals surface area contributed by atoms with Crippen molar-refractivity contribution in [3.63, 3.8) is 0 Å². The van der Waals surface area contributed by atoms with Gasteiger partial charge in [-0.25, -0.2) is 0 Å². The van der Waals surface area contributed by atoms with Gasteiger partial charge in [-0.05, 0) is 41.6 Å². The van der Waals surface area contributed by atoms with Crippen LogP contribution in [-0.2, 0) is 13.0 Å². The van der Waals surface area contributed by atoms with Gasteiger partial charge in [0.1, 0.15) is 5.75 Å². The predicted molar refractivity (Wildman–Crippen MR) is 77.4 cm³/mol. The number of nitrogen functional groups attached to an aromatic ring is 1. The van der Waals surface area contributed by atoms with Crippen molar-refractivity contribution >= 4 is 22.9 Å². The van der Waals surface area contributed by atoms with Gasteiger partial charge >= 0.3 is 0 Å². The molecular weight excluding hydrogens is 260 g/mol. The lowest BCUT2D eigenvalue weighted by Crippen LogP contribution is -2.22. The molecule has 0 aliphatic carbocycles. The summed E-state index contributed by atoms with van der Waals surface area (Å²) in [5.41, 5.74) is 7.42. The summed E-state index contributed by atoms with van der Waals surface area (Å²) in [6.45, 7) is 2.59. The van der Waals surface area contributed by atoms with Crippen molar-refractivity contribution < 1.29 is 9.90 Å². The molecule has 0 atom stereocenters. The Labute approximate surface area is 115 Å². The van der Waals surface area contributed by atoms with Crippen LogP contribution in [0.2, 0.25) is 0 Å². The fourth-order valence-corrected chi connectivity index (χ4v) is 2.70. The second-order valence-electron chi connectivity index (χ2n) is 4.18. The van der Waals surface area contributed by atoms with Crippen LogP contribution < -0.4 is 11.1 Å². The number of anilines is 1. The fraction of sp³-hybridized carbons (Fsp3) is 0.214. The molecule has 0 aliphatic rings. The van der Waals surface area contributed by atoms with Crippen LogP contribution in [0.4, 0.5) is 5.69 Å². The average molecular weight is 276 g/mol. The van der Waals surface area contributed by atoms with Gasteiger partial charge in [-0.15, -0.1) is 11.3 Å². The van der Waals surface area contributed by atoms with Crippen molar-refractivity contribution in [1.82, 2.24) is 5.32 Å². The van der Waals surface area contributed by atoms with Crippen molar-refractivity contribution in [3.05, 3.63) is 45.6 Å². The van der Waals surface area contributed by atoms with Crippen molar-refractivity contribution in [2.75, 3.05) is 5.73 Å². The van der Waals surface area contributed by atoms with Crippen molar-refractivity contribution in [2.24, 2.45) is 0 Å². The number of thiophene rings is 1. The van der Waals surface area contributed by atoms with E-state index in [4.69, 9.17) is 5.73 Å². The zero-order chi connectivity index (χ0) is 13.8. The quantitative estimate of drug-likeness (QED) is 0.593. The van der Waals surface area contributed by atoms with Gasteiger partial charge in [-0.2, -0.15) is 0 Å². The maximum absolute atomic E-state index is 11.9. The van der Waals surface area contributed by atoms with E-state index in [0.29, 0.717) is 12.1 Å². The number of carbonyl (C=O) groups is 1. The van der Waals surface area contributed by atoms with Gasteiger partial charge in [0.2, 0.25) is 0 Å². The zero-order valence-electron chi connectivity index (χ0n) is 10.6. The molecule has 0 saturated carbocycles. The summed E-state index contributed by atoms with van der Waals surface area (Å²) in [6, 6.07) is 6.56. The highest BCUT2D eigenvalue weighted by Crippen LogP contribution is 2.21. The normalized spacial score (nSPS) is 10.4. The number of nitrogens with one attached hydrogen (secondary N) is 1. The lowest BCUT2D eigenvalue weighted by molar-refractivity contribution is 0.0951. The Balaban J connectivity index is 2.03. The van der Waals surface area contributed by atoms with Crippen LogP contribution in [0.15, 0.2) is 29.6 Å². The number of carbonyl (C=O) groups excluding carboxylic acids is 1. The summed E-state index contributed by atoms with van der Waals surface area (Å²) < 4.78 is 0. The van der Waals surface area contributed by atoms with Gasteiger partial charge in [0.25, 0.3) is 5.91 Å². The van der Waals surface area contributed by atoms with E-state index in [9.17, 15) is 9.90 Å². The van der Waals surface area contributed by atoms with Gasteiger partial charge in [-0.1, -0.05) is 6.92 Å². The molecule has 0 radical (unpaired) electrons. The number of rotatable bonds is 4. The summed E-state index contributed by atoms with van der Waals surface area (Å²) in [6.07, 6.45) is 0.956. The first kappa shape index (κ1) is 13.4. The Morgan fingerprint density at radius 1 is 1.42 bits per heavy atom. The van der Waals surface area contributed by atoms with Crippen LogP contribution >= 0.6 is 11.3 Å². The van der Waals surface area contributed by atoms with Crippen molar-refractivity contribution in [1.29, 1.82) is 0 Å². The molecule has 1 aromatic carbocycles. The second kappa shape index (κ2) is 5.75. The number of nitrogens with two attached hydrogens (primary N) is 1. The van der Waals surface area contributed by atoms with Crippen molar-refractivity contribution in [3.8, 4) is 5.75 Å². The Morgan fingerprint density at radius 3 is 2.89 bits per heavy atom. The molecule has 0 fully saturated rings. The van der Waals surface area contributed by atoms with E-state index in [1.165, 1.54) is 17.7 Å². The van der Waals surface area contributed by atoms with E-state index in [0.717, 1.165) is 11.3 Å². The minimum atomic E-state index is -0.217. The highest BCUT2D eigenvalue weighted by atomic mass is 32.1. The van der Waals surface area contributed by atoms with Crippen LogP contribution in [0.1, 0.15) is 27.7 Å². The number of phenols is 1. The number of hydrogen-bond acceptors (Lipinski definition) is 4. The average Bonchev–Trinajstić information content (AvgIpc) is 2.86. The number of phenolic OH excluding ortho intramolecular Hbond substituents is 1. The monoisotopic (exact) mass is 276 g/mol. The lowest BCUT2D eigenvalue weighted by Gasteiger charge is -2.07. The second-order valence-corrected chi connectivity index (χ2v) is 5.18. The number of benzene rings is 1. The summed E-state index contributed by atoms with van der Waals surface area (Å²) in [7, 11) is 0. The number of amides is 1. The summed E-state index contributed by atoms with van der Waals surface area (Å²) >= 11 is 1.63. The molecular formula is C14H16N2O2S. The van der Waals surface area contributed by atoms with Gasteiger partial charge in [0, 0.05) is 10.4 Å². The van der Waals surface area contributed by atoms with E-state index in [2.05, 4.69) is 18.3 Å². The Hall–Kier alpha value is -2.01. The molecule has 2 aromatic rings. The molecule has 0 aliphatic heterocycles. The Morgan fingerprint density at radius 2 is 2.21 bits per heavy atom. The van der Waals surface area contributed by atoms with E-state index in [1.54, 1.807) is 17.4 Å². The van der Waals surface area contributed by atoms with Crippen molar-refractivity contribution in [2.45, 2.75) is 19.9 Å². The standard InChI is InChI=1S/C14H16N2O2S/c1-2-9-5-6-19-13(9)8-16-14(18)10-3-4-11(15)12(17)7-10/h3-7,17H,2,8,15H2,1H3,(H,16,18). The summed E-state index contributed by atoms with van der Waals surface area (Å²) in [4.78, 5) is 13.1. The maximum atomic E-state index is 11.9. The van der Waals surface area contributed by atoms with Crippen LogP contribution in [0.3, 0.4) is 0 Å². The highest BCUT2D eigenvalue weighted by Gasteiger charge is 2.09. The zero-order valence-corrected chi connectivity index (χ0v) is 11.5. The minimum Gasteiger partial charge on any atom is -0.506 e. The molecule has 0 saturated heterocycles. The van der Waals surface area contributed by atoms with Crippen LogP contribution in [0.5, 0.6) is 5.75 Å². The van der Waals surface area contributed by atoms with Gasteiger partial charge in [-0.3, -0.25) is 4.79 Å². The molecule has 0 unspecified atom stereocenters. The van der Waals surface area contributed by atoms with E-state index in [-0.39, 0.29) is 17.3 Å². The maximum Gasteiger partial charge on any atom is 0.251 e. The summed E-state index contributed by atoms with van der Waals surface area (Å²) in [5, 5.41) is 14.3. The summed E-state index contributed by atoms with van der Waals surface area (Å²) in [5.74, 6) is -0.288. The minimum absolute atomic E-state index is 0.0713. The molecule has 1 amide bonds. The number of aromatic hydroxyl groups is 1. The van der Waals surface area contributed by atoms with Crippen LogP contribution in [-0.4, -0.2) is 11.0 Å². The van der Waals surface area contributed by atoms with Gasteiger partial charge in [0.15, 0.2) is 0 Å². The molecule has 19 heavy (non-hydrogen) atoms. The molecule has 1 heterocycles. The molecule has 2 rings (SSSR count). The third-order valence-corrected chi connectivity index (χ3v) is 3.88. The molecule has 4 N–H and O–H groups in total. The number of hydrogen-bond donors (Lipinski definition) is 3. The molecule has 1 aromatic heterocycles. The molecule has 0 spiro atoms. The van der Waals surface area contributed by atoms with Gasteiger partial charge in [0.05, 0.1) is 12.2 Å². The largest absolute Gasteiger partial charge is 0.506 e. The molecule has 4 nitrogen and oxygen atoms in total. The van der Waals surface area contributed by atoms with Crippen LogP contribution in [0.25, 0.3) is 0 Å². The third-order valence-electron chi connectivity index (χ3n) is 2.92. The smallest absolute Gasteiger partial charge is 0.251 e. The SMILES string of the molecule is CCc1ccsc1CNC(=O)c1ccc(N)c(O)c1. The van der Waals surface area contributed by atoms with E-state index >= 15 is 0 Å². The Bertz CT molecular complexity index is 593. The Kier molecular flexibility index (Phi) is 4.06. The lowest BCUT2D eigenvalue weighted by atomic mass is 10.1. The van der Waals surface area contributed by atoms with Gasteiger partial charge < -0.3 is 16.2 Å². The van der Waals surface area contributed by atoms with Crippen LogP contribution in [0, 0.1) is 0 Å². The fourth-order valence-electron chi connectivity index (χ4n) is 1.78. The topological polar surface area (TPSA) is 75.4 Å². The molecule has 0 bridgehead atoms. The van der Waals surface area contributed by atoms with E-state index in [1.807, 2.05) is 5.38 Å². The molecule has 100 valence electrons. The molecule has 5 heteroatoms. The first-order valence-electron chi connectivity index (χ1n) is 6.03. The third kappa shape index (κ3) is 3.06. The predicted octanol–water partition coefficient (Wildman–Crippen LogP) is 2.53. The number of aryl methyl sites for hydroxylation is 1. The first-order valence-corrected chi connectivity index (χ1v) is 6.91.